The summed E-state index contributed by atoms with van der Waals surface area (Å²) in [5.74, 6) is 0. The summed E-state index contributed by atoms with van der Waals surface area (Å²) in [7, 11) is 0. The van der Waals surface area contributed by atoms with Crippen molar-refractivity contribution in [2.75, 3.05) is 26.3 Å². The number of nitrogens with one attached hydrogen (secondary N) is 1. The van der Waals surface area contributed by atoms with Crippen LogP contribution in [0.5, 0.6) is 0 Å². The molecule has 1 saturated heterocycles. The van der Waals surface area contributed by atoms with Gasteiger partial charge in [0.05, 0.1) is 13.2 Å². The lowest BCUT2D eigenvalue weighted by Crippen LogP contribution is -2.45. The lowest BCUT2D eigenvalue weighted by Gasteiger charge is -2.29. The van der Waals surface area contributed by atoms with E-state index >= 15 is 0 Å². The van der Waals surface area contributed by atoms with E-state index < -0.39 is 6.16 Å². The summed E-state index contributed by atoms with van der Waals surface area (Å²) in [5.41, 5.74) is 0. The topological polar surface area (TPSA) is 54.9 Å². The first-order valence-electron chi connectivity index (χ1n) is 2.90. The van der Waals surface area contributed by atoms with E-state index in [0.29, 0.717) is 26.3 Å². The Kier molecular flexibility index (Phi) is 1.89. The van der Waals surface area contributed by atoms with Crippen molar-refractivity contribution in [2.45, 2.75) is 0 Å². The maximum atomic E-state index is 10.1. The molecule has 0 bridgehead atoms. The van der Waals surface area contributed by atoms with Crippen LogP contribution in [-0.4, -0.2) is 32.5 Å². The number of carboxylic acid groups (broad SMARTS) is 1. The van der Waals surface area contributed by atoms with Gasteiger partial charge >= 0.3 is 6.16 Å². The van der Waals surface area contributed by atoms with Gasteiger partial charge in [-0.1, -0.05) is 0 Å². The van der Waals surface area contributed by atoms with Crippen molar-refractivity contribution in [1.82, 2.24) is 5.32 Å². The summed E-state index contributed by atoms with van der Waals surface area (Å²) in [6.07, 6.45) is -1.14. The Bertz CT molecular complexity index is 109. The third-order valence-electron chi connectivity index (χ3n) is 1.29. The van der Waals surface area contributed by atoms with Crippen LogP contribution >= 0.6 is 0 Å². The molecule has 0 aromatic carbocycles. The third kappa shape index (κ3) is 1.57. The molecule has 4 nitrogen and oxygen atoms in total. The van der Waals surface area contributed by atoms with Crippen molar-refractivity contribution >= 4 is 6.16 Å². The van der Waals surface area contributed by atoms with Crippen LogP contribution in [0, 0.1) is 0 Å². The number of hydrogen-bond acceptors (Lipinski definition) is 3. The van der Waals surface area contributed by atoms with Crippen molar-refractivity contribution in [3.63, 3.8) is 0 Å². The Morgan fingerprint density at radius 3 is 2.33 bits per heavy atom. The fourth-order valence-corrected chi connectivity index (χ4v) is 0.784. The van der Waals surface area contributed by atoms with Crippen molar-refractivity contribution < 1.29 is 14.3 Å². The zero-order valence-electron chi connectivity index (χ0n) is 5.05. The van der Waals surface area contributed by atoms with Crippen LogP contribution in [0.25, 0.3) is 0 Å². The quantitative estimate of drug-likeness (QED) is 0.321. The lowest BCUT2D eigenvalue weighted by atomic mass is 10.5. The molecule has 1 fully saturated rings. The zero-order chi connectivity index (χ0) is 6.69. The standard InChI is InChI=1S/C5H9NO3/c7-5(8)9-3-1-6-2-4-9/h6H,1-4H2. The summed E-state index contributed by atoms with van der Waals surface area (Å²) in [6.45, 7) is 2.36. The zero-order valence-corrected chi connectivity index (χ0v) is 5.05. The molecule has 4 heteroatoms. The molecular weight excluding hydrogens is 122 g/mol. The fraction of sp³-hybridized carbons (Fsp3) is 0.800. The number of rotatable bonds is 0. The summed E-state index contributed by atoms with van der Waals surface area (Å²) < 4.78 is 2.05. The monoisotopic (exact) mass is 131 g/mol. The molecule has 0 aromatic heterocycles. The largest absolute Gasteiger partial charge is 0.565 e. The first kappa shape index (κ1) is 6.35. The van der Waals surface area contributed by atoms with Gasteiger partial charge in [-0.2, -0.15) is 0 Å². The number of carbonyl (C=O) groups is 1. The molecule has 1 rings (SSSR count). The highest BCUT2D eigenvalue weighted by atomic mass is 16.8. The van der Waals surface area contributed by atoms with Gasteiger partial charge in [0, 0.05) is 13.1 Å². The van der Waals surface area contributed by atoms with E-state index in [1.807, 2.05) is 0 Å². The second kappa shape index (κ2) is 2.68. The van der Waals surface area contributed by atoms with E-state index in [1.54, 1.807) is 0 Å². The minimum Gasteiger partial charge on any atom is -0.565 e. The van der Waals surface area contributed by atoms with Crippen LogP contribution in [0.4, 0.5) is 4.79 Å². The molecule has 0 unspecified atom stereocenters. The minimum absolute atomic E-state index is 0.475. The first-order chi connectivity index (χ1) is 4.30. The summed E-state index contributed by atoms with van der Waals surface area (Å²) in [6, 6.07) is 0. The molecule has 1 heterocycles. The summed E-state index contributed by atoms with van der Waals surface area (Å²) >= 11 is 0. The molecule has 1 aliphatic rings. The highest BCUT2D eigenvalue weighted by molar-refractivity contribution is 5.56. The van der Waals surface area contributed by atoms with Crippen LogP contribution in [0.2, 0.25) is 0 Å². The molecule has 0 atom stereocenters. The Labute approximate surface area is 53.1 Å². The van der Waals surface area contributed by atoms with Gasteiger partial charge in [-0.25, -0.2) is 9.90 Å². The van der Waals surface area contributed by atoms with Crippen molar-refractivity contribution in [1.29, 1.82) is 0 Å². The minimum atomic E-state index is -1.14. The molecule has 0 spiro atoms. The van der Waals surface area contributed by atoms with Crippen LogP contribution in [0.3, 0.4) is 0 Å². The number of hydrogen-bond donors (Lipinski definition) is 1. The van der Waals surface area contributed by atoms with Gasteiger partial charge in [0.25, 0.3) is 0 Å². The first-order valence-corrected chi connectivity index (χ1v) is 2.90. The van der Waals surface area contributed by atoms with Gasteiger partial charge in [-0.3, -0.25) is 0 Å². The van der Waals surface area contributed by atoms with Crippen LogP contribution in [-0.2, 0) is 4.37 Å². The Morgan fingerprint density at radius 1 is 1.44 bits per heavy atom. The van der Waals surface area contributed by atoms with Gasteiger partial charge < -0.3 is 9.68 Å². The highest BCUT2D eigenvalue weighted by Gasteiger charge is 2.11. The molecule has 0 radical (unpaired) electrons. The van der Waals surface area contributed by atoms with E-state index in [9.17, 15) is 9.90 Å². The maximum Gasteiger partial charge on any atom is 0.516 e. The lowest BCUT2D eigenvalue weighted by molar-refractivity contribution is -0.323. The average Bonchev–Trinajstić information content (AvgIpc) is 1.90. The summed E-state index contributed by atoms with van der Waals surface area (Å²) in [4.78, 5) is 10.1. The van der Waals surface area contributed by atoms with Crippen molar-refractivity contribution in [2.24, 2.45) is 0 Å². The van der Waals surface area contributed by atoms with Crippen molar-refractivity contribution in [3.05, 3.63) is 0 Å². The highest BCUT2D eigenvalue weighted by Crippen LogP contribution is 1.96. The molecule has 1 aliphatic heterocycles. The van der Waals surface area contributed by atoms with E-state index in [4.69, 9.17) is 0 Å². The average molecular weight is 131 g/mol. The smallest absolute Gasteiger partial charge is 0.516 e. The number of morpholine rings is 1. The number of carbonyl (C=O) groups excluding carboxylic acids is 1. The van der Waals surface area contributed by atoms with Crippen LogP contribution in [0.15, 0.2) is 0 Å². The SMILES string of the molecule is O=C([O-])[O+]1CCNCC1. The van der Waals surface area contributed by atoms with Gasteiger partial charge in [0.1, 0.15) is 0 Å². The molecule has 52 valence electrons. The van der Waals surface area contributed by atoms with Gasteiger partial charge in [-0.05, 0) is 0 Å². The Balaban J connectivity index is 2.31. The molecular formula is C5H9NO3. The van der Waals surface area contributed by atoms with Crippen LogP contribution in [0.1, 0.15) is 0 Å². The predicted molar refractivity (Wildman–Crippen MR) is 29.1 cm³/mol. The maximum absolute atomic E-state index is 10.1. The van der Waals surface area contributed by atoms with E-state index in [-0.39, 0.29) is 0 Å². The second-order valence-corrected chi connectivity index (χ2v) is 1.90. The van der Waals surface area contributed by atoms with E-state index in [1.165, 1.54) is 0 Å². The van der Waals surface area contributed by atoms with E-state index in [0.717, 1.165) is 0 Å². The van der Waals surface area contributed by atoms with Gasteiger partial charge in [-0.15, -0.1) is 0 Å². The van der Waals surface area contributed by atoms with Gasteiger partial charge in [0.15, 0.2) is 0 Å². The molecule has 0 saturated carbocycles. The summed E-state index contributed by atoms with van der Waals surface area (Å²) in [5, 5.41) is 13.1. The molecule has 0 aromatic rings. The Morgan fingerprint density at radius 2 is 2.00 bits per heavy atom. The van der Waals surface area contributed by atoms with Crippen LogP contribution < -0.4 is 10.4 Å². The fourth-order valence-electron chi connectivity index (χ4n) is 0.784. The molecule has 0 aliphatic carbocycles. The molecule has 9 heavy (non-hydrogen) atoms. The molecule has 0 amide bonds. The van der Waals surface area contributed by atoms with Gasteiger partial charge in [0.2, 0.25) is 0 Å². The third-order valence-corrected chi connectivity index (χ3v) is 1.29. The second-order valence-electron chi connectivity index (χ2n) is 1.90. The predicted octanol–water partition coefficient (Wildman–Crippen LogP) is -1.51. The normalized spacial score (nSPS) is 19.8. The Hall–Kier alpha value is -0.770. The van der Waals surface area contributed by atoms with Crippen molar-refractivity contribution in [3.8, 4) is 0 Å². The molecule has 1 N–H and O–H groups in total. The van der Waals surface area contributed by atoms with E-state index in [2.05, 4.69) is 9.68 Å².